The molecular weight excluding hydrogens is 336 g/mol. The molecule has 0 spiro atoms. The van der Waals surface area contributed by atoms with Crippen LogP contribution in [0.2, 0.25) is 0 Å². The number of halogens is 1. The third-order valence-corrected chi connectivity index (χ3v) is 5.40. The molecule has 0 aliphatic carbocycles. The largest absolute Gasteiger partial charge is 0.339 e. The van der Waals surface area contributed by atoms with Crippen molar-refractivity contribution in [1.29, 1.82) is 0 Å². The number of benzene rings is 1. The molecule has 6 heteroatoms. The number of rotatable bonds is 2. The van der Waals surface area contributed by atoms with Gasteiger partial charge in [0, 0.05) is 24.8 Å². The fraction of sp³-hybridized carbons (Fsp3) is 0.474. The van der Waals surface area contributed by atoms with E-state index in [2.05, 4.69) is 10.4 Å². The highest BCUT2D eigenvalue weighted by molar-refractivity contribution is 5.94. The number of likely N-dealkylation sites (tertiary alicyclic amines) is 1. The van der Waals surface area contributed by atoms with Crippen LogP contribution in [-0.2, 0) is 0 Å². The maximum Gasteiger partial charge on any atom is 0.253 e. The van der Waals surface area contributed by atoms with Gasteiger partial charge in [-0.25, -0.2) is 4.68 Å². The van der Waals surface area contributed by atoms with E-state index in [1.165, 1.54) is 0 Å². The number of hydrogen-bond donors (Lipinski definition) is 1. The van der Waals surface area contributed by atoms with Gasteiger partial charge in [0.1, 0.15) is 0 Å². The molecule has 0 unspecified atom stereocenters. The van der Waals surface area contributed by atoms with E-state index in [9.17, 15) is 4.79 Å². The smallest absolute Gasteiger partial charge is 0.253 e. The predicted octanol–water partition coefficient (Wildman–Crippen LogP) is 2.67. The fourth-order valence-corrected chi connectivity index (χ4v) is 3.91. The quantitative estimate of drug-likeness (QED) is 0.895. The molecule has 0 radical (unpaired) electrons. The van der Waals surface area contributed by atoms with Crippen LogP contribution in [0.3, 0.4) is 0 Å². The Morgan fingerprint density at radius 2 is 1.76 bits per heavy atom. The Kier molecular flexibility index (Phi) is 5.45. The number of carbonyl (C=O) groups is 1. The summed E-state index contributed by atoms with van der Waals surface area (Å²) >= 11 is 0. The van der Waals surface area contributed by atoms with E-state index in [0.717, 1.165) is 67.7 Å². The highest BCUT2D eigenvalue weighted by Crippen LogP contribution is 2.27. The van der Waals surface area contributed by atoms with Gasteiger partial charge in [-0.05, 0) is 74.5 Å². The Bertz CT molecular complexity index is 713. The monoisotopic (exact) mass is 360 g/mol. The number of carbonyl (C=O) groups excluding carboxylic acids is 1. The molecule has 2 aliphatic heterocycles. The van der Waals surface area contributed by atoms with Crippen LogP contribution in [0, 0.1) is 18.8 Å². The zero-order valence-corrected chi connectivity index (χ0v) is 15.3. The second-order valence-electron chi connectivity index (χ2n) is 7.06. The lowest BCUT2D eigenvalue weighted by molar-refractivity contribution is 0.0758. The molecular formula is C19H25ClN4O. The van der Waals surface area contributed by atoms with Gasteiger partial charge in [0.05, 0.1) is 11.9 Å². The molecule has 4 rings (SSSR count). The minimum atomic E-state index is 0. The summed E-state index contributed by atoms with van der Waals surface area (Å²) in [6, 6.07) is 7.77. The number of nitrogens with one attached hydrogen (secondary N) is 1. The summed E-state index contributed by atoms with van der Waals surface area (Å²) < 4.78 is 1.84. The van der Waals surface area contributed by atoms with Crippen molar-refractivity contribution in [1.82, 2.24) is 20.0 Å². The Labute approximate surface area is 154 Å². The van der Waals surface area contributed by atoms with Crippen molar-refractivity contribution in [3.63, 3.8) is 0 Å². The lowest BCUT2D eigenvalue weighted by Crippen LogP contribution is -2.32. The summed E-state index contributed by atoms with van der Waals surface area (Å²) in [7, 11) is 0. The van der Waals surface area contributed by atoms with Crippen molar-refractivity contribution in [3.8, 4) is 5.69 Å². The highest BCUT2D eigenvalue weighted by Gasteiger charge is 2.31. The van der Waals surface area contributed by atoms with Gasteiger partial charge in [0.15, 0.2) is 0 Å². The van der Waals surface area contributed by atoms with Gasteiger partial charge >= 0.3 is 0 Å². The van der Waals surface area contributed by atoms with Crippen LogP contribution in [0.25, 0.3) is 5.69 Å². The molecule has 2 saturated heterocycles. The molecule has 25 heavy (non-hydrogen) atoms. The van der Waals surface area contributed by atoms with E-state index in [1.807, 2.05) is 53.2 Å². The number of fused-ring (bicyclic) bond motifs is 1. The van der Waals surface area contributed by atoms with Crippen molar-refractivity contribution in [2.24, 2.45) is 11.8 Å². The number of amides is 1. The van der Waals surface area contributed by atoms with Gasteiger partial charge in [0.2, 0.25) is 0 Å². The second-order valence-corrected chi connectivity index (χ2v) is 7.06. The third kappa shape index (κ3) is 3.72. The fourth-order valence-electron chi connectivity index (χ4n) is 3.91. The SMILES string of the molecule is Cc1cnn(-c2ccc(C(=O)N3CC[C@@H]4CNC[C@@H]4CC3)cc2)c1.Cl. The lowest BCUT2D eigenvalue weighted by Gasteiger charge is -2.21. The maximum atomic E-state index is 12.8. The van der Waals surface area contributed by atoms with E-state index < -0.39 is 0 Å². The van der Waals surface area contributed by atoms with Crippen molar-refractivity contribution in [3.05, 3.63) is 47.8 Å². The van der Waals surface area contributed by atoms with Gasteiger partial charge < -0.3 is 10.2 Å². The molecule has 0 saturated carbocycles. The molecule has 2 fully saturated rings. The topological polar surface area (TPSA) is 50.2 Å². The standard InChI is InChI=1S/C19H24N4O.ClH/c1-14-10-21-23(13-14)18-4-2-15(3-5-18)19(24)22-8-6-16-11-20-12-17(16)7-9-22;/h2-5,10,13,16-17,20H,6-9,11-12H2,1H3;1H/t16-,17+;. The summed E-state index contributed by atoms with van der Waals surface area (Å²) in [5.74, 6) is 1.65. The van der Waals surface area contributed by atoms with Crippen molar-refractivity contribution in [2.45, 2.75) is 19.8 Å². The van der Waals surface area contributed by atoms with Crippen molar-refractivity contribution in [2.75, 3.05) is 26.2 Å². The summed E-state index contributed by atoms with van der Waals surface area (Å²) in [6.07, 6.45) is 6.06. The van der Waals surface area contributed by atoms with Crippen LogP contribution in [0.1, 0.15) is 28.8 Å². The molecule has 1 amide bonds. The summed E-state index contributed by atoms with van der Waals surface area (Å²) in [4.78, 5) is 14.8. The van der Waals surface area contributed by atoms with E-state index in [0.29, 0.717) is 0 Å². The zero-order chi connectivity index (χ0) is 16.5. The van der Waals surface area contributed by atoms with Crippen LogP contribution in [0.4, 0.5) is 0 Å². The number of hydrogen-bond acceptors (Lipinski definition) is 3. The number of aromatic nitrogens is 2. The molecule has 1 aromatic carbocycles. The summed E-state index contributed by atoms with van der Waals surface area (Å²) in [5, 5.41) is 7.79. The van der Waals surface area contributed by atoms with E-state index in [1.54, 1.807) is 0 Å². The highest BCUT2D eigenvalue weighted by atomic mass is 35.5. The Balaban J connectivity index is 0.00000182. The molecule has 134 valence electrons. The second kappa shape index (κ2) is 7.58. The first kappa shape index (κ1) is 18.0. The van der Waals surface area contributed by atoms with E-state index in [-0.39, 0.29) is 18.3 Å². The van der Waals surface area contributed by atoms with Gasteiger partial charge in [-0.2, -0.15) is 5.10 Å². The van der Waals surface area contributed by atoms with Crippen LogP contribution < -0.4 is 5.32 Å². The first-order valence-corrected chi connectivity index (χ1v) is 8.82. The molecule has 2 atom stereocenters. The molecule has 5 nitrogen and oxygen atoms in total. The van der Waals surface area contributed by atoms with Crippen LogP contribution in [0.15, 0.2) is 36.7 Å². The van der Waals surface area contributed by atoms with Crippen molar-refractivity contribution >= 4 is 18.3 Å². The average molecular weight is 361 g/mol. The molecule has 3 heterocycles. The molecule has 2 aromatic rings. The van der Waals surface area contributed by atoms with Crippen LogP contribution >= 0.6 is 12.4 Å². The normalized spacial score (nSPS) is 22.8. The Morgan fingerprint density at radius 1 is 1.12 bits per heavy atom. The first-order chi connectivity index (χ1) is 11.7. The Morgan fingerprint density at radius 3 is 2.32 bits per heavy atom. The third-order valence-electron chi connectivity index (χ3n) is 5.40. The predicted molar refractivity (Wildman–Crippen MR) is 101 cm³/mol. The lowest BCUT2D eigenvalue weighted by atomic mass is 9.92. The van der Waals surface area contributed by atoms with E-state index >= 15 is 0 Å². The number of nitrogens with zero attached hydrogens (tertiary/aromatic N) is 3. The molecule has 1 N–H and O–H groups in total. The van der Waals surface area contributed by atoms with Gasteiger partial charge in [-0.1, -0.05) is 0 Å². The van der Waals surface area contributed by atoms with Gasteiger partial charge in [-0.15, -0.1) is 12.4 Å². The molecule has 1 aromatic heterocycles. The van der Waals surface area contributed by atoms with Gasteiger partial charge in [0.25, 0.3) is 5.91 Å². The Hall–Kier alpha value is -1.85. The van der Waals surface area contributed by atoms with Crippen LogP contribution in [-0.4, -0.2) is 46.8 Å². The zero-order valence-electron chi connectivity index (χ0n) is 14.5. The van der Waals surface area contributed by atoms with Crippen LogP contribution in [0.5, 0.6) is 0 Å². The molecule has 2 aliphatic rings. The minimum Gasteiger partial charge on any atom is -0.339 e. The minimum absolute atomic E-state index is 0. The average Bonchev–Trinajstić information content (AvgIpc) is 3.19. The maximum absolute atomic E-state index is 12.8. The first-order valence-electron chi connectivity index (χ1n) is 8.82. The van der Waals surface area contributed by atoms with Gasteiger partial charge in [-0.3, -0.25) is 4.79 Å². The summed E-state index contributed by atoms with van der Waals surface area (Å²) in [6.45, 7) is 6.00. The molecule has 0 bridgehead atoms. The van der Waals surface area contributed by atoms with E-state index in [4.69, 9.17) is 0 Å². The van der Waals surface area contributed by atoms with Crippen molar-refractivity contribution < 1.29 is 4.79 Å². The number of aryl methyl sites for hydroxylation is 1. The summed E-state index contributed by atoms with van der Waals surface area (Å²) in [5.41, 5.74) is 2.88.